The van der Waals surface area contributed by atoms with Crippen molar-refractivity contribution in [2.75, 3.05) is 6.61 Å². The maximum Gasteiger partial charge on any atom is 0.327 e. The van der Waals surface area contributed by atoms with Crippen LogP contribution in [-0.2, 0) is 9.59 Å². The Morgan fingerprint density at radius 1 is 1.24 bits per heavy atom. The van der Waals surface area contributed by atoms with Gasteiger partial charge in [0.2, 0.25) is 5.91 Å². The molecule has 0 aliphatic carbocycles. The van der Waals surface area contributed by atoms with Crippen LogP contribution in [0.1, 0.15) is 31.1 Å². The molecule has 7 nitrogen and oxygen atoms in total. The summed E-state index contributed by atoms with van der Waals surface area (Å²) in [7, 11) is 0. The number of hydrogen-bond donors (Lipinski definition) is 2. The van der Waals surface area contributed by atoms with Gasteiger partial charge >= 0.3 is 5.97 Å². The zero-order chi connectivity index (χ0) is 20.9. The van der Waals surface area contributed by atoms with E-state index in [1.54, 1.807) is 19.9 Å². The van der Waals surface area contributed by atoms with Gasteiger partial charge in [-0.05, 0) is 37.6 Å². The fourth-order valence-corrected chi connectivity index (χ4v) is 5.75. The predicted octanol–water partition coefficient (Wildman–Crippen LogP) is 2.48. The van der Waals surface area contributed by atoms with Crippen molar-refractivity contribution in [3.63, 3.8) is 0 Å². The summed E-state index contributed by atoms with van der Waals surface area (Å²) in [6, 6.07) is 9.46. The molecule has 0 bridgehead atoms. The number of nitrogens with one attached hydrogen (secondary N) is 1. The topological polar surface area (TPSA) is 95.9 Å². The number of ether oxygens (including phenoxy) is 1. The maximum absolute atomic E-state index is 13.2. The Balaban J connectivity index is 1.64. The number of carboxylic acids is 1. The van der Waals surface area contributed by atoms with Gasteiger partial charge in [-0.15, -0.1) is 11.8 Å². The van der Waals surface area contributed by atoms with Crippen molar-refractivity contribution in [3.8, 4) is 5.75 Å². The molecule has 0 spiro atoms. The SMILES string of the molecule is CCOc1ccc2ccccc2c1C(=O)NC1C(=O)N2C(C(=O)O)C(C)(C)S[C@H]12. The number of amides is 2. The Labute approximate surface area is 172 Å². The summed E-state index contributed by atoms with van der Waals surface area (Å²) >= 11 is 1.40. The Bertz CT molecular complexity index is 1020. The number of thioether (sulfide) groups is 1. The zero-order valence-corrected chi connectivity index (χ0v) is 17.2. The molecule has 2 aliphatic heterocycles. The first-order chi connectivity index (χ1) is 13.8. The Hall–Kier alpha value is -2.74. The van der Waals surface area contributed by atoms with E-state index in [1.165, 1.54) is 16.7 Å². The van der Waals surface area contributed by atoms with Crippen LogP contribution >= 0.6 is 11.8 Å². The molecule has 2 heterocycles. The molecule has 3 atom stereocenters. The number of rotatable bonds is 5. The van der Waals surface area contributed by atoms with Crippen molar-refractivity contribution in [2.24, 2.45) is 0 Å². The molecule has 2 fully saturated rings. The fraction of sp³-hybridized carbons (Fsp3) is 0.381. The van der Waals surface area contributed by atoms with E-state index in [4.69, 9.17) is 4.74 Å². The summed E-state index contributed by atoms with van der Waals surface area (Å²) < 4.78 is 5.02. The van der Waals surface area contributed by atoms with E-state index in [0.717, 1.165) is 10.8 Å². The number of benzene rings is 2. The van der Waals surface area contributed by atoms with E-state index in [-0.39, 0.29) is 5.91 Å². The predicted molar refractivity (Wildman–Crippen MR) is 110 cm³/mol. The van der Waals surface area contributed by atoms with Crippen LogP contribution in [0.4, 0.5) is 0 Å². The lowest BCUT2D eigenvalue weighted by Gasteiger charge is -2.43. The van der Waals surface area contributed by atoms with Crippen molar-refractivity contribution in [1.82, 2.24) is 10.2 Å². The molecule has 2 N–H and O–H groups in total. The van der Waals surface area contributed by atoms with Gasteiger partial charge in [0.05, 0.1) is 12.2 Å². The van der Waals surface area contributed by atoms with Crippen molar-refractivity contribution in [3.05, 3.63) is 42.0 Å². The smallest absolute Gasteiger partial charge is 0.327 e. The third-order valence-corrected chi connectivity index (χ3v) is 6.95. The number of aliphatic carboxylic acids is 1. The lowest BCUT2D eigenvalue weighted by molar-refractivity contribution is -0.159. The average molecular weight is 414 g/mol. The summed E-state index contributed by atoms with van der Waals surface area (Å²) in [6.07, 6.45) is 0. The first-order valence-corrected chi connectivity index (χ1v) is 10.3. The zero-order valence-electron chi connectivity index (χ0n) is 16.3. The first-order valence-electron chi connectivity index (χ1n) is 9.44. The molecular weight excluding hydrogens is 392 g/mol. The second-order valence-corrected chi connectivity index (χ2v) is 9.41. The Kier molecular flexibility index (Phi) is 4.69. The van der Waals surface area contributed by atoms with Crippen LogP contribution in [0, 0.1) is 0 Å². The van der Waals surface area contributed by atoms with Crippen molar-refractivity contribution < 1.29 is 24.2 Å². The molecule has 152 valence electrons. The molecule has 4 rings (SSSR count). The molecule has 0 radical (unpaired) electrons. The number of carboxylic acid groups (broad SMARTS) is 1. The molecule has 0 aromatic heterocycles. The van der Waals surface area contributed by atoms with Crippen LogP contribution in [0.15, 0.2) is 36.4 Å². The van der Waals surface area contributed by atoms with Gasteiger partial charge in [-0.3, -0.25) is 9.59 Å². The second kappa shape index (κ2) is 6.95. The lowest BCUT2D eigenvalue weighted by atomic mass is 9.95. The molecule has 2 aromatic rings. The number of nitrogens with zero attached hydrogens (tertiary/aromatic N) is 1. The molecule has 2 amide bonds. The van der Waals surface area contributed by atoms with Gasteiger partial charge in [-0.1, -0.05) is 30.3 Å². The summed E-state index contributed by atoms with van der Waals surface area (Å²) in [5.41, 5.74) is 0.383. The minimum Gasteiger partial charge on any atom is -0.493 e. The number of carbonyl (C=O) groups is 3. The largest absolute Gasteiger partial charge is 0.493 e. The Morgan fingerprint density at radius 3 is 2.66 bits per heavy atom. The minimum absolute atomic E-state index is 0.368. The van der Waals surface area contributed by atoms with Gasteiger partial charge in [-0.25, -0.2) is 4.79 Å². The molecular formula is C21H22N2O5S. The van der Waals surface area contributed by atoms with E-state index in [9.17, 15) is 19.5 Å². The highest BCUT2D eigenvalue weighted by atomic mass is 32.2. The highest BCUT2D eigenvalue weighted by Gasteiger charge is 2.64. The van der Waals surface area contributed by atoms with Gasteiger partial charge in [0, 0.05) is 4.75 Å². The fourth-order valence-electron chi connectivity index (χ4n) is 4.12. The number of β-lactam (4-membered cyclic amide) rings is 1. The summed E-state index contributed by atoms with van der Waals surface area (Å²) in [5.74, 6) is -1.35. The van der Waals surface area contributed by atoms with E-state index >= 15 is 0 Å². The van der Waals surface area contributed by atoms with Gasteiger partial charge in [-0.2, -0.15) is 0 Å². The van der Waals surface area contributed by atoms with Crippen molar-refractivity contribution in [1.29, 1.82) is 0 Å². The normalized spacial score (nSPS) is 24.7. The van der Waals surface area contributed by atoms with E-state index in [0.29, 0.717) is 17.9 Å². The molecule has 2 aromatic carbocycles. The summed E-state index contributed by atoms with van der Waals surface area (Å²) in [4.78, 5) is 38.9. The van der Waals surface area contributed by atoms with Crippen LogP contribution in [-0.4, -0.2) is 56.6 Å². The number of hydrogen-bond acceptors (Lipinski definition) is 5. The first kappa shape index (κ1) is 19.6. The van der Waals surface area contributed by atoms with Gasteiger partial charge in [0.1, 0.15) is 23.2 Å². The quantitative estimate of drug-likeness (QED) is 0.730. The minimum atomic E-state index is -1.03. The van der Waals surface area contributed by atoms with Crippen molar-refractivity contribution in [2.45, 2.75) is 43.0 Å². The third-order valence-electron chi connectivity index (χ3n) is 5.38. The van der Waals surface area contributed by atoms with Crippen LogP contribution in [0.3, 0.4) is 0 Å². The third kappa shape index (κ3) is 3.02. The molecule has 2 aliphatic rings. The van der Waals surface area contributed by atoms with Gasteiger partial charge in [0.25, 0.3) is 5.91 Å². The van der Waals surface area contributed by atoms with Crippen LogP contribution in [0.25, 0.3) is 10.8 Å². The number of fused-ring (bicyclic) bond motifs is 2. The van der Waals surface area contributed by atoms with Crippen LogP contribution < -0.4 is 10.1 Å². The van der Waals surface area contributed by atoms with Gasteiger partial charge < -0.3 is 20.1 Å². The second-order valence-electron chi connectivity index (χ2n) is 7.64. The van der Waals surface area contributed by atoms with E-state index in [1.807, 2.05) is 37.3 Å². The highest BCUT2D eigenvalue weighted by Crippen LogP contribution is 2.50. The summed E-state index contributed by atoms with van der Waals surface area (Å²) in [6.45, 7) is 5.85. The average Bonchev–Trinajstić information content (AvgIpc) is 2.94. The molecule has 2 saturated heterocycles. The molecule has 8 heteroatoms. The Morgan fingerprint density at radius 2 is 1.97 bits per heavy atom. The van der Waals surface area contributed by atoms with Crippen LogP contribution in [0.5, 0.6) is 5.75 Å². The van der Waals surface area contributed by atoms with E-state index in [2.05, 4.69) is 5.32 Å². The lowest BCUT2D eigenvalue weighted by Crippen LogP contribution is -2.70. The molecule has 29 heavy (non-hydrogen) atoms. The maximum atomic E-state index is 13.2. The number of carbonyl (C=O) groups excluding carboxylic acids is 2. The molecule has 2 unspecified atom stereocenters. The summed E-state index contributed by atoms with van der Waals surface area (Å²) in [5, 5.41) is 13.6. The highest BCUT2D eigenvalue weighted by molar-refractivity contribution is 8.01. The van der Waals surface area contributed by atoms with E-state index < -0.39 is 34.1 Å². The molecule has 0 saturated carbocycles. The standard InChI is InChI=1S/C21H22N2O5S/c1-4-28-13-10-9-11-7-5-6-8-12(11)14(13)17(24)22-15-18(25)23-16(20(26)27)21(2,3)29-19(15)23/h5-10,15-16,19H,4H2,1-3H3,(H,22,24)(H,26,27)/t15?,16?,19-/m1/s1. The van der Waals surface area contributed by atoms with Gasteiger partial charge in [0.15, 0.2) is 0 Å². The van der Waals surface area contributed by atoms with Crippen LogP contribution in [0.2, 0.25) is 0 Å². The monoisotopic (exact) mass is 414 g/mol. The van der Waals surface area contributed by atoms with Crippen molar-refractivity contribution >= 4 is 40.3 Å².